The van der Waals surface area contributed by atoms with E-state index in [-0.39, 0.29) is 17.3 Å². The van der Waals surface area contributed by atoms with E-state index in [9.17, 15) is 9.59 Å². The lowest BCUT2D eigenvalue weighted by Gasteiger charge is -2.15. The molecule has 0 aliphatic rings. The van der Waals surface area contributed by atoms with Crippen LogP contribution in [0.2, 0.25) is 0 Å². The molecule has 0 spiro atoms. The molecule has 146 valence electrons. The van der Waals surface area contributed by atoms with Crippen molar-refractivity contribution in [3.63, 3.8) is 0 Å². The maximum Gasteiger partial charge on any atom is 0.271 e. The molecule has 1 N–H and O–H groups in total. The number of aryl methyl sites for hydroxylation is 2. The first kappa shape index (κ1) is 19.8. The highest BCUT2D eigenvalue weighted by Gasteiger charge is 2.16. The summed E-state index contributed by atoms with van der Waals surface area (Å²) in [6.45, 7) is 6.19. The Kier molecular flexibility index (Phi) is 6.26. The third-order valence-electron chi connectivity index (χ3n) is 4.43. The highest BCUT2D eigenvalue weighted by Crippen LogP contribution is 2.14. The molecule has 3 aromatic rings. The van der Waals surface area contributed by atoms with Crippen LogP contribution in [-0.4, -0.2) is 28.3 Å². The lowest BCUT2D eigenvalue weighted by Crippen LogP contribution is -2.37. The summed E-state index contributed by atoms with van der Waals surface area (Å²) in [5, 5.41) is 9.13. The van der Waals surface area contributed by atoms with Gasteiger partial charge in [0.25, 0.3) is 11.5 Å². The summed E-state index contributed by atoms with van der Waals surface area (Å²) in [7, 11) is 0. The molecule has 2 aromatic heterocycles. The number of amides is 1. The van der Waals surface area contributed by atoms with Crippen molar-refractivity contribution >= 4 is 17.2 Å². The van der Waals surface area contributed by atoms with E-state index in [4.69, 9.17) is 4.74 Å². The predicted molar refractivity (Wildman–Crippen MR) is 110 cm³/mol. The van der Waals surface area contributed by atoms with Crippen molar-refractivity contribution in [1.29, 1.82) is 0 Å². The van der Waals surface area contributed by atoms with Crippen molar-refractivity contribution in [2.75, 3.05) is 6.54 Å². The van der Waals surface area contributed by atoms with E-state index >= 15 is 0 Å². The van der Waals surface area contributed by atoms with Crippen molar-refractivity contribution in [2.24, 2.45) is 0 Å². The molecule has 0 aliphatic heterocycles. The number of carbonyl (C=O) groups is 1. The summed E-state index contributed by atoms with van der Waals surface area (Å²) in [5.41, 5.74) is 2.60. The first-order chi connectivity index (χ1) is 13.4. The van der Waals surface area contributed by atoms with Crippen molar-refractivity contribution < 1.29 is 9.53 Å². The topological polar surface area (TPSA) is 73.2 Å². The minimum absolute atomic E-state index is 0.220. The molecular formula is C21H23N3O3S. The standard InChI is InChI=1S/C21H23N3O3S/c1-14-6-7-17(13-15(14)2)24-20(25)9-8-19(23-24)27-16(3)21(26)22-11-10-18-5-4-12-28-18/h4-9,12-13,16H,10-11H2,1-3H3,(H,22,26)/t16-/m1/s1. The number of hydrogen-bond acceptors (Lipinski definition) is 5. The average Bonchev–Trinajstić information content (AvgIpc) is 3.19. The van der Waals surface area contributed by atoms with Crippen LogP contribution >= 0.6 is 11.3 Å². The van der Waals surface area contributed by atoms with Gasteiger partial charge in [0, 0.05) is 23.6 Å². The fourth-order valence-corrected chi connectivity index (χ4v) is 3.35. The first-order valence-corrected chi connectivity index (χ1v) is 9.97. The lowest BCUT2D eigenvalue weighted by atomic mass is 10.1. The normalized spacial score (nSPS) is 11.8. The molecule has 28 heavy (non-hydrogen) atoms. The Morgan fingerprint density at radius 1 is 1.21 bits per heavy atom. The zero-order valence-electron chi connectivity index (χ0n) is 16.1. The molecule has 1 amide bonds. The Bertz CT molecular complexity index is 1010. The molecule has 0 radical (unpaired) electrons. The molecule has 6 nitrogen and oxygen atoms in total. The lowest BCUT2D eigenvalue weighted by molar-refractivity contribution is -0.127. The van der Waals surface area contributed by atoms with Crippen molar-refractivity contribution in [3.05, 3.63) is 74.2 Å². The van der Waals surface area contributed by atoms with Crippen LogP contribution in [0.1, 0.15) is 22.9 Å². The maximum absolute atomic E-state index is 12.3. The van der Waals surface area contributed by atoms with Gasteiger partial charge in [-0.2, -0.15) is 4.68 Å². The van der Waals surface area contributed by atoms with Gasteiger partial charge in [-0.15, -0.1) is 16.4 Å². The zero-order chi connectivity index (χ0) is 20.1. The molecule has 1 aromatic carbocycles. The second-order valence-corrected chi connectivity index (χ2v) is 7.60. The highest BCUT2D eigenvalue weighted by atomic mass is 32.1. The van der Waals surface area contributed by atoms with Gasteiger partial charge in [0.1, 0.15) is 0 Å². The summed E-state index contributed by atoms with van der Waals surface area (Å²) in [4.78, 5) is 25.7. The number of carbonyl (C=O) groups excluding carboxylic acids is 1. The molecule has 0 saturated heterocycles. The number of aromatic nitrogens is 2. The van der Waals surface area contributed by atoms with Crippen LogP contribution in [0.4, 0.5) is 0 Å². The molecular weight excluding hydrogens is 374 g/mol. The van der Waals surface area contributed by atoms with Crippen LogP contribution in [0.15, 0.2) is 52.6 Å². The van der Waals surface area contributed by atoms with Crippen molar-refractivity contribution in [1.82, 2.24) is 15.1 Å². The Morgan fingerprint density at radius 3 is 2.75 bits per heavy atom. The van der Waals surface area contributed by atoms with Crippen LogP contribution in [0, 0.1) is 13.8 Å². The Labute approximate surface area is 167 Å². The van der Waals surface area contributed by atoms with E-state index < -0.39 is 6.10 Å². The summed E-state index contributed by atoms with van der Waals surface area (Å²) in [6, 6.07) is 12.6. The number of ether oxygens (including phenoxy) is 1. The minimum atomic E-state index is -0.721. The van der Waals surface area contributed by atoms with Crippen LogP contribution < -0.4 is 15.6 Å². The molecule has 7 heteroatoms. The number of nitrogens with zero attached hydrogens (tertiary/aromatic N) is 2. The highest BCUT2D eigenvalue weighted by molar-refractivity contribution is 7.09. The van der Waals surface area contributed by atoms with E-state index in [1.165, 1.54) is 21.7 Å². The van der Waals surface area contributed by atoms with E-state index in [1.54, 1.807) is 18.3 Å². The quantitative estimate of drug-likeness (QED) is 0.665. The maximum atomic E-state index is 12.3. The van der Waals surface area contributed by atoms with Crippen molar-refractivity contribution in [3.8, 4) is 11.6 Å². The number of rotatable bonds is 7. The second kappa shape index (κ2) is 8.84. The molecule has 2 heterocycles. The summed E-state index contributed by atoms with van der Waals surface area (Å²) in [6.07, 6.45) is 0.0630. The predicted octanol–water partition coefficient (Wildman–Crippen LogP) is 3.04. The largest absolute Gasteiger partial charge is 0.464 e. The van der Waals surface area contributed by atoms with Crippen LogP contribution in [0.5, 0.6) is 5.88 Å². The number of hydrogen-bond donors (Lipinski definition) is 1. The van der Waals surface area contributed by atoms with Crippen LogP contribution in [-0.2, 0) is 11.2 Å². The third-order valence-corrected chi connectivity index (χ3v) is 5.36. The molecule has 0 bridgehead atoms. The molecule has 0 aliphatic carbocycles. The Morgan fingerprint density at radius 2 is 2.04 bits per heavy atom. The number of thiophene rings is 1. The molecule has 0 fully saturated rings. The average molecular weight is 398 g/mol. The van der Waals surface area contributed by atoms with Crippen LogP contribution in [0.3, 0.4) is 0 Å². The van der Waals surface area contributed by atoms with E-state index in [0.717, 1.165) is 17.5 Å². The van der Waals surface area contributed by atoms with E-state index in [1.807, 2.05) is 49.6 Å². The third kappa shape index (κ3) is 4.86. The van der Waals surface area contributed by atoms with Gasteiger partial charge in [-0.3, -0.25) is 9.59 Å². The van der Waals surface area contributed by atoms with Crippen LogP contribution in [0.25, 0.3) is 5.69 Å². The van der Waals surface area contributed by atoms with Gasteiger partial charge in [-0.1, -0.05) is 12.1 Å². The van der Waals surface area contributed by atoms with Gasteiger partial charge in [-0.25, -0.2) is 0 Å². The number of nitrogens with one attached hydrogen (secondary N) is 1. The molecule has 1 atom stereocenters. The zero-order valence-corrected chi connectivity index (χ0v) is 17.0. The Balaban J connectivity index is 1.65. The fraction of sp³-hybridized carbons (Fsp3) is 0.286. The van der Waals surface area contributed by atoms with E-state index in [2.05, 4.69) is 10.4 Å². The van der Waals surface area contributed by atoms with Gasteiger partial charge in [-0.05, 0) is 61.9 Å². The van der Waals surface area contributed by atoms with Gasteiger partial charge in [0.2, 0.25) is 5.88 Å². The SMILES string of the molecule is Cc1ccc(-n2nc(O[C@H](C)C(=O)NCCc3cccs3)ccc2=O)cc1C. The Hall–Kier alpha value is -2.93. The minimum Gasteiger partial charge on any atom is -0.464 e. The molecule has 3 rings (SSSR count). The summed E-state index contributed by atoms with van der Waals surface area (Å²) >= 11 is 1.66. The second-order valence-electron chi connectivity index (χ2n) is 6.57. The van der Waals surface area contributed by atoms with Crippen molar-refractivity contribution in [2.45, 2.75) is 33.3 Å². The van der Waals surface area contributed by atoms with Gasteiger partial charge in [0.15, 0.2) is 6.10 Å². The summed E-state index contributed by atoms with van der Waals surface area (Å²) < 4.78 is 6.94. The first-order valence-electron chi connectivity index (χ1n) is 9.09. The smallest absolute Gasteiger partial charge is 0.271 e. The molecule has 0 saturated carbocycles. The molecule has 0 unspecified atom stereocenters. The van der Waals surface area contributed by atoms with Gasteiger partial charge < -0.3 is 10.1 Å². The fourth-order valence-electron chi connectivity index (χ4n) is 2.64. The number of benzene rings is 1. The van der Waals surface area contributed by atoms with Gasteiger partial charge in [0.05, 0.1) is 5.69 Å². The monoisotopic (exact) mass is 397 g/mol. The summed E-state index contributed by atoms with van der Waals surface area (Å²) in [5.74, 6) is 0.000946. The van der Waals surface area contributed by atoms with E-state index in [0.29, 0.717) is 12.2 Å². The van der Waals surface area contributed by atoms with Gasteiger partial charge >= 0.3 is 0 Å².